The lowest BCUT2D eigenvalue weighted by Crippen LogP contribution is -2.56. The minimum Gasteiger partial charge on any atom is -0.481 e. The van der Waals surface area contributed by atoms with Gasteiger partial charge < -0.3 is 10.0 Å². The van der Waals surface area contributed by atoms with Crippen molar-refractivity contribution in [3.8, 4) is 0 Å². The van der Waals surface area contributed by atoms with Gasteiger partial charge in [-0.1, -0.05) is 38.8 Å². The number of carbonyl (C=O) groups is 1. The van der Waals surface area contributed by atoms with Gasteiger partial charge in [-0.05, 0) is 30.5 Å². The molecule has 2 rings (SSSR count). The molecular formula is C17H25NO2. The third-order valence-electron chi connectivity index (χ3n) is 4.27. The summed E-state index contributed by atoms with van der Waals surface area (Å²) in [5.41, 5.74) is 2.61. The average Bonchev–Trinajstić information content (AvgIpc) is 2.36. The number of hydrogen-bond donors (Lipinski definition) is 1. The summed E-state index contributed by atoms with van der Waals surface area (Å²) in [4.78, 5) is 13.1. The standard InChI is InChI=1S/C17H25NO2/c1-3-9-17(10-4-2)12-18(13-17)15-7-5-14(6-8-15)11-16(19)20/h5-8H,3-4,9-13H2,1-2H3,(H,19,20). The van der Waals surface area contributed by atoms with Crippen molar-refractivity contribution in [2.24, 2.45) is 5.41 Å². The third kappa shape index (κ3) is 3.33. The van der Waals surface area contributed by atoms with E-state index in [1.54, 1.807) is 0 Å². The van der Waals surface area contributed by atoms with Gasteiger partial charge in [-0.2, -0.15) is 0 Å². The second-order valence-electron chi connectivity index (χ2n) is 6.09. The molecule has 20 heavy (non-hydrogen) atoms. The fourth-order valence-corrected chi connectivity index (χ4v) is 3.45. The van der Waals surface area contributed by atoms with Crippen LogP contribution in [-0.4, -0.2) is 24.2 Å². The molecule has 0 bridgehead atoms. The molecule has 3 nitrogen and oxygen atoms in total. The fraction of sp³-hybridized carbons (Fsp3) is 0.588. The van der Waals surface area contributed by atoms with Crippen LogP contribution >= 0.6 is 0 Å². The van der Waals surface area contributed by atoms with E-state index in [0.717, 1.165) is 18.7 Å². The molecule has 110 valence electrons. The third-order valence-corrected chi connectivity index (χ3v) is 4.27. The second kappa shape index (κ2) is 6.29. The van der Waals surface area contributed by atoms with E-state index in [-0.39, 0.29) is 6.42 Å². The number of carboxylic acid groups (broad SMARTS) is 1. The van der Waals surface area contributed by atoms with Crippen LogP contribution < -0.4 is 4.90 Å². The molecule has 0 aliphatic carbocycles. The lowest BCUT2D eigenvalue weighted by atomic mass is 9.72. The van der Waals surface area contributed by atoms with Gasteiger partial charge in [-0.15, -0.1) is 0 Å². The van der Waals surface area contributed by atoms with Gasteiger partial charge in [0.1, 0.15) is 0 Å². The Kier molecular flexibility index (Phi) is 4.69. The lowest BCUT2D eigenvalue weighted by Gasteiger charge is -2.52. The smallest absolute Gasteiger partial charge is 0.307 e. The van der Waals surface area contributed by atoms with Gasteiger partial charge in [0, 0.05) is 24.2 Å². The summed E-state index contributed by atoms with van der Waals surface area (Å²) < 4.78 is 0. The van der Waals surface area contributed by atoms with Crippen LogP contribution in [0.3, 0.4) is 0 Å². The number of anilines is 1. The van der Waals surface area contributed by atoms with E-state index in [0.29, 0.717) is 5.41 Å². The molecule has 1 N–H and O–H groups in total. The molecule has 1 aromatic rings. The van der Waals surface area contributed by atoms with E-state index in [4.69, 9.17) is 5.11 Å². The largest absolute Gasteiger partial charge is 0.481 e. The first kappa shape index (κ1) is 14.9. The van der Waals surface area contributed by atoms with Crippen molar-refractivity contribution in [3.63, 3.8) is 0 Å². The van der Waals surface area contributed by atoms with E-state index >= 15 is 0 Å². The predicted molar refractivity (Wildman–Crippen MR) is 82.2 cm³/mol. The molecule has 0 radical (unpaired) electrons. The summed E-state index contributed by atoms with van der Waals surface area (Å²) in [6.45, 7) is 6.82. The molecule has 1 aliphatic rings. The van der Waals surface area contributed by atoms with Gasteiger partial charge in [-0.3, -0.25) is 4.79 Å². The molecule has 1 aromatic carbocycles. The van der Waals surface area contributed by atoms with Gasteiger partial charge in [-0.25, -0.2) is 0 Å². The Labute approximate surface area is 121 Å². The van der Waals surface area contributed by atoms with Crippen LogP contribution in [0.15, 0.2) is 24.3 Å². The highest BCUT2D eigenvalue weighted by Crippen LogP contribution is 2.41. The molecule has 1 saturated heterocycles. The summed E-state index contributed by atoms with van der Waals surface area (Å²) in [7, 11) is 0. The van der Waals surface area contributed by atoms with E-state index < -0.39 is 5.97 Å². The van der Waals surface area contributed by atoms with Crippen molar-refractivity contribution in [1.82, 2.24) is 0 Å². The van der Waals surface area contributed by atoms with Crippen LogP contribution in [0.1, 0.15) is 45.1 Å². The number of aliphatic carboxylic acids is 1. The summed E-state index contributed by atoms with van der Waals surface area (Å²) >= 11 is 0. The summed E-state index contributed by atoms with van der Waals surface area (Å²) in [5.74, 6) is -0.772. The van der Waals surface area contributed by atoms with E-state index in [9.17, 15) is 4.79 Å². The first-order valence-electron chi connectivity index (χ1n) is 7.64. The van der Waals surface area contributed by atoms with E-state index in [2.05, 4.69) is 30.9 Å². The Bertz CT molecular complexity index is 439. The number of hydrogen-bond acceptors (Lipinski definition) is 2. The van der Waals surface area contributed by atoms with Crippen molar-refractivity contribution in [1.29, 1.82) is 0 Å². The van der Waals surface area contributed by atoms with Gasteiger partial charge in [0.15, 0.2) is 0 Å². The summed E-state index contributed by atoms with van der Waals surface area (Å²) in [6.07, 6.45) is 5.25. The molecule has 3 heteroatoms. The Hall–Kier alpha value is -1.51. The molecule has 0 spiro atoms. The first-order chi connectivity index (χ1) is 9.58. The maximum atomic E-state index is 10.7. The molecule has 0 aromatic heterocycles. The highest BCUT2D eigenvalue weighted by Gasteiger charge is 2.41. The summed E-state index contributed by atoms with van der Waals surface area (Å²) in [6, 6.07) is 7.98. The Morgan fingerprint density at radius 2 is 1.70 bits per heavy atom. The number of benzene rings is 1. The Morgan fingerprint density at radius 3 is 2.15 bits per heavy atom. The topological polar surface area (TPSA) is 40.5 Å². The van der Waals surface area contributed by atoms with Gasteiger partial charge in [0.2, 0.25) is 0 Å². The molecule has 1 aliphatic heterocycles. The zero-order valence-electron chi connectivity index (χ0n) is 12.6. The normalized spacial score (nSPS) is 16.8. The SMILES string of the molecule is CCCC1(CCC)CN(c2ccc(CC(=O)O)cc2)C1. The number of rotatable bonds is 7. The highest BCUT2D eigenvalue weighted by molar-refractivity contribution is 5.70. The van der Waals surface area contributed by atoms with Crippen LogP contribution in [0.4, 0.5) is 5.69 Å². The first-order valence-corrected chi connectivity index (χ1v) is 7.64. The van der Waals surface area contributed by atoms with Gasteiger partial charge >= 0.3 is 5.97 Å². The number of carboxylic acids is 1. The lowest BCUT2D eigenvalue weighted by molar-refractivity contribution is -0.136. The Morgan fingerprint density at radius 1 is 1.15 bits per heavy atom. The minimum absolute atomic E-state index is 0.107. The quantitative estimate of drug-likeness (QED) is 0.824. The molecule has 1 fully saturated rings. The average molecular weight is 275 g/mol. The van der Waals surface area contributed by atoms with Crippen molar-refractivity contribution in [2.45, 2.75) is 46.0 Å². The fourth-order valence-electron chi connectivity index (χ4n) is 3.45. The second-order valence-corrected chi connectivity index (χ2v) is 6.09. The molecule has 0 unspecified atom stereocenters. The van der Waals surface area contributed by atoms with Gasteiger partial charge in [0.05, 0.1) is 6.42 Å². The van der Waals surface area contributed by atoms with Crippen molar-refractivity contribution in [3.05, 3.63) is 29.8 Å². The zero-order valence-corrected chi connectivity index (χ0v) is 12.6. The Balaban J connectivity index is 1.96. The maximum Gasteiger partial charge on any atom is 0.307 e. The predicted octanol–water partition coefficient (Wildman–Crippen LogP) is 3.72. The minimum atomic E-state index is -0.772. The number of nitrogens with zero attached hydrogens (tertiary/aromatic N) is 1. The van der Waals surface area contributed by atoms with Crippen LogP contribution in [0.25, 0.3) is 0 Å². The molecule has 0 saturated carbocycles. The molecule has 0 amide bonds. The van der Waals surface area contributed by atoms with Crippen molar-refractivity contribution < 1.29 is 9.90 Å². The van der Waals surface area contributed by atoms with E-state index in [1.165, 1.54) is 31.4 Å². The van der Waals surface area contributed by atoms with Crippen molar-refractivity contribution in [2.75, 3.05) is 18.0 Å². The zero-order chi connectivity index (χ0) is 14.6. The molecule has 1 heterocycles. The molecular weight excluding hydrogens is 250 g/mol. The van der Waals surface area contributed by atoms with Crippen LogP contribution in [0.5, 0.6) is 0 Å². The van der Waals surface area contributed by atoms with Gasteiger partial charge in [0.25, 0.3) is 0 Å². The van der Waals surface area contributed by atoms with Crippen LogP contribution in [-0.2, 0) is 11.2 Å². The van der Waals surface area contributed by atoms with E-state index in [1.807, 2.05) is 12.1 Å². The maximum absolute atomic E-state index is 10.7. The monoisotopic (exact) mass is 275 g/mol. The summed E-state index contributed by atoms with van der Waals surface area (Å²) in [5, 5.41) is 8.78. The molecule has 0 atom stereocenters. The van der Waals surface area contributed by atoms with Crippen LogP contribution in [0.2, 0.25) is 0 Å². The van der Waals surface area contributed by atoms with Crippen LogP contribution in [0, 0.1) is 5.41 Å². The highest BCUT2D eigenvalue weighted by atomic mass is 16.4. The van der Waals surface area contributed by atoms with Crippen molar-refractivity contribution >= 4 is 11.7 Å².